The summed E-state index contributed by atoms with van der Waals surface area (Å²) >= 11 is 1.48. The maximum atomic E-state index is 9.72. The van der Waals surface area contributed by atoms with Crippen LogP contribution in [0.3, 0.4) is 0 Å². The van der Waals surface area contributed by atoms with E-state index in [-0.39, 0.29) is 6.61 Å². The minimum atomic E-state index is -0.0973. The minimum absolute atomic E-state index is 0.0973. The lowest BCUT2D eigenvalue weighted by Crippen LogP contribution is -1.98. The van der Waals surface area contributed by atoms with Gasteiger partial charge in [0.2, 0.25) is 4.96 Å². The molecule has 5 nitrogen and oxygen atoms in total. The molecule has 0 radical (unpaired) electrons. The molecule has 3 aromatic rings. The first-order valence-corrected chi connectivity index (χ1v) is 7.50. The Morgan fingerprint density at radius 3 is 2.81 bits per heavy atom. The van der Waals surface area contributed by atoms with Gasteiger partial charge in [-0.3, -0.25) is 0 Å². The van der Waals surface area contributed by atoms with Crippen LogP contribution >= 0.6 is 11.3 Å². The van der Waals surface area contributed by atoms with Gasteiger partial charge in [0.15, 0.2) is 0 Å². The molecule has 1 aromatic carbocycles. The topological polar surface area (TPSA) is 59.7 Å². The number of nitrogens with zero attached hydrogens (tertiary/aromatic N) is 3. The van der Waals surface area contributed by atoms with E-state index >= 15 is 0 Å². The number of benzene rings is 1. The van der Waals surface area contributed by atoms with E-state index in [1.54, 1.807) is 11.6 Å². The van der Waals surface area contributed by atoms with Crippen LogP contribution in [0.5, 0.6) is 0 Å². The average molecular weight is 303 g/mol. The molecule has 0 aliphatic carbocycles. The fourth-order valence-electron chi connectivity index (χ4n) is 2.45. The molecule has 0 unspecified atom stereocenters. The molecule has 0 bridgehead atoms. The van der Waals surface area contributed by atoms with Gasteiger partial charge >= 0.3 is 0 Å². The number of aliphatic hydroxyl groups is 1. The summed E-state index contributed by atoms with van der Waals surface area (Å²) in [5.41, 5.74) is 4.92. The molecule has 0 fully saturated rings. The molecular weight excluding hydrogens is 286 g/mol. The zero-order valence-corrected chi connectivity index (χ0v) is 13.1. The van der Waals surface area contributed by atoms with Crippen molar-refractivity contribution < 1.29 is 9.84 Å². The summed E-state index contributed by atoms with van der Waals surface area (Å²) in [5, 5.41) is 15.0. The Kier molecular flexibility index (Phi) is 3.75. The van der Waals surface area contributed by atoms with Crippen molar-refractivity contribution >= 4 is 16.3 Å². The number of imidazole rings is 1. The van der Waals surface area contributed by atoms with Crippen molar-refractivity contribution in [1.82, 2.24) is 14.6 Å². The molecule has 0 amide bonds. The molecule has 110 valence electrons. The summed E-state index contributed by atoms with van der Waals surface area (Å²) in [6, 6.07) is 6.22. The number of ether oxygens (including phenoxy) is 1. The van der Waals surface area contributed by atoms with Crippen LogP contribution in [0.25, 0.3) is 16.2 Å². The maximum Gasteiger partial charge on any atom is 0.213 e. The fourth-order valence-corrected chi connectivity index (χ4v) is 3.33. The zero-order valence-electron chi connectivity index (χ0n) is 12.3. The monoisotopic (exact) mass is 303 g/mol. The number of methoxy groups -OCH3 is 1. The zero-order chi connectivity index (χ0) is 15.0. The van der Waals surface area contributed by atoms with Crippen molar-refractivity contribution in [3.63, 3.8) is 0 Å². The number of aromatic nitrogens is 3. The summed E-state index contributed by atoms with van der Waals surface area (Å²) in [6.07, 6.45) is 0. The van der Waals surface area contributed by atoms with E-state index in [4.69, 9.17) is 4.74 Å². The van der Waals surface area contributed by atoms with Crippen molar-refractivity contribution in [3.8, 4) is 11.3 Å². The molecule has 2 heterocycles. The Morgan fingerprint density at radius 1 is 1.33 bits per heavy atom. The summed E-state index contributed by atoms with van der Waals surface area (Å²) in [5.74, 6) is 0. The molecule has 21 heavy (non-hydrogen) atoms. The van der Waals surface area contributed by atoms with Gasteiger partial charge in [0, 0.05) is 12.7 Å². The van der Waals surface area contributed by atoms with Crippen LogP contribution in [-0.2, 0) is 18.0 Å². The molecule has 0 aliphatic heterocycles. The van der Waals surface area contributed by atoms with Crippen LogP contribution < -0.4 is 0 Å². The molecule has 3 rings (SSSR count). The minimum Gasteiger partial charge on any atom is -0.390 e. The van der Waals surface area contributed by atoms with Gasteiger partial charge in [0.05, 0.1) is 24.6 Å². The van der Waals surface area contributed by atoms with E-state index in [2.05, 4.69) is 36.1 Å². The van der Waals surface area contributed by atoms with E-state index in [9.17, 15) is 5.11 Å². The molecule has 6 heteroatoms. The molecule has 0 atom stereocenters. The first-order chi connectivity index (χ1) is 10.1. The third-order valence-corrected chi connectivity index (χ3v) is 4.27. The van der Waals surface area contributed by atoms with Gasteiger partial charge in [-0.2, -0.15) is 5.10 Å². The largest absolute Gasteiger partial charge is 0.390 e. The highest BCUT2D eigenvalue weighted by Crippen LogP contribution is 2.29. The van der Waals surface area contributed by atoms with Gasteiger partial charge in [0.25, 0.3) is 0 Å². The Hall–Kier alpha value is -1.76. The lowest BCUT2D eigenvalue weighted by molar-refractivity contribution is 0.183. The number of hydrogen-bond donors (Lipinski definition) is 1. The lowest BCUT2D eigenvalue weighted by Gasteiger charge is -2.06. The lowest BCUT2D eigenvalue weighted by atomic mass is 10.0. The van der Waals surface area contributed by atoms with Crippen molar-refractivity contribution in [2.45, 2.75) is 27.1 Å². The molecular formula is C15H17N3O2S. The Balaban J connectivity index is 2.16. The van der Waals surface area contributed by atoms with E-state index in [1.807, 2.05) is 6.07 Å². The normalized spacial score (nSPS) is 11.4. The number of aryl methyl sites for hydroxylation is 2. The highest BCUT2D eigenvalue weighted by atomic mass is 32.1. The van der Waals surface area contributed by atoms with Gasteiger partial charge in [-0.25, -0.2) is 9.50 Å². The average Bonchev–Trinajstić information content (AvgIpc) is 2.95. The van der Waals surface area contributed by atoms with Crippen molar-refractivity contribution in [1.29, 1.82) is 0 Å². The molecule has 1 N–H and O–H groups in total. The predicted molar refractivity (Wildman–Crippen MR) is 82.4 cm³/mol. The molecule has 2 aromatic heterocycles. The second-order valence-electron chi connectivity index (χ2n) is 5.01. The van der Waals surface area contributed by atoms with Crippen LogP contribution in [-0.4, -0.2) is 26.8 Å². The fraction of sp³-hybridized carbons (Fsp3) is 0.333. The summed E-state index contributed by atoms with van der Waals surface area (Å²) in [6.45, 7) is 4.48. The van der Waals surface area contributed by atoms with E-state index < -0.39 is 0 Å². The molecule has 0 spiro atoms. The van der Waals surface area contributed by atoms with Crippen molar-refractivity contribution in [3.05, 3.63) is 40.0 Å². The van der Waals surface area contributed by atoms with Gasteiger partial charge in [-0.15, -0.1) is 0 Å². The van der Waals surface area contributed by atoms with Gasteiger partial charge in [-0.1, -0.05) is 35.1 Å². The number of hydrogen-bond acceptors (Lipinski definition) is 5. The van der Waals surface area contributed by atoms with Crippen LogP contribution in [0.2, 0.25) is 0 Å². The van der Waals surface area contributed by atoms with Crippen molar-refractivity contribution in [2.24, 2.45) is 0 Å². The highest BCUT2D eigenvalue weighted by Gasteiger charge is 2.18. The van der Waals surface area contributed by atoms with Crippen molar-refractivity contribution in [2.75, 3.05) is 7.11 Å². The third kappa shape index (κ3) is 2.46. The highest BCUT2D eigenvalue weighted by molar-refractivity contribution is 7.16. The van der Waals surface area contributed by atoms with E-state index in [0.717, 1.165) is 32.5 Å². The number of aliphatic hydroxyl groups excluding tert-OH is 1. The first kappa shape index (κ1) is 14.2. The maximum absolute atomic E-state index is 9.72. The molecule has 0 saturated carbocycles. The van der Waals surface area contributed by atoms with Crippen LogP contribution in [0.4, 0.5) is 0 Å². The van der Waals surface area contributed by atoms with Crippen LogP contribution in [0, 0.1) is 13.8 Å². The second kappa shape index (κ2) is 5.55. The Labute approximate surface area is 126 Å². The Morgan fingerprint density at radius 2 is 2.14 bits per heavy atom. The summed E-state index contributed by atoms with van der Waals surface area (Å²) in [7, 11) is 1.64. The van der Waals surface area contributed by atoms with Gasteiger partial charge in [-0.05, 0) is 19.4 Å². The van der Waals surface area contributed by atoms with Crippen LogP contribution in [0.1, 0.15) is 21.8 Å². The second-order valence-corrected chi connectivity index (χ2v) is 6.05. The van der Waals surface area contributed by atoms with E-state index in [0.29, 0.717) is 6.61 Å². The summed E-state index contributed by atoms with van der Waals surface area (Å²) < 4.78 is 6.81. The third-order valence-electron chi connectivity index (χ3n) is 3.39. The quantitative estimate of drug-likeness (QED) is 0.805. The summed E-state index contributed by atoms with van der Waals surface area (Å²) in [4.78, 5) is 5.43. The predicted octanol–water partition coefficient (Wildman–Crippen LogP) is 2.71. The van der Waals surface area contributed by atoms with E-state index in [1.165, 1.54) is 16.9 Å². The Bertz CT molecular complexity index is 792. The SMILES string of the molecule is COCc1nn2c(CO)c(-c3ccc(C)cc3C)nc2s1. The van der Waals surface area contributed by atoms with Gasteiger partial charge < -0.3 is 9.84 Å². The number of fused-ring (bicyclic) bond motifs is 1. The van der Waals surface area contributed by atoms with Gasteiger partial charge in [0.1, 0.15) is 5.01 Å². The smallest absolute Gasteiger partial charge is 0.213 e. The standard InChI is InChI=1S/C15H17N3O2S/c1-9-4-5-11(10(2)6-9)14-12(7-19)18-15(16-14)21-13(17-18)8-20-3/h4-6,19H,7-8H2,1-3H3. The molecule has 0 aliphatic rings. The first-order valence-electron chi connectivity index (χ1n) is 6.68. The van der Waals surface area contributed by atoms with Crippen LogP contribution in [0.15, 0.2) is 18.2 Å². The molecule has 0 saturated heterocycles. The number of rotatable bonds is 4.